The lowest BCUT2D eigenvalue weighted by molar-refractivity contribution is -0.121. The number of carbonyl (C=O) groups is 1. The Balaban J connectivity index is 2.06. The predicted octanol–water partition coefficient (Wildman–Crippen LogP) is 1.48. The van der Waals surface area contributed by atoms with Crippen LogP contribution in [0.2, 0.25) is 0 Å². The Kier molecular flexibility index (Phi) is 3.82. The fourth-order valence-corrected chi connectivity index (χ4v) is 1.57. The lowest BCUT2D eigenvalue weighted by atomic mass is 10.3. The molecular weight excluding hydrogens is 254 g/mol. The molecule has 0 saturated heterocycles. The van der Waals surface area contributed by atoms with E-state index in [0.717, 1.165) is 18.9 Å². The summed E-state index contributed by atoms with van der Waals surface area (Å²) in [4.78, 5) is 15.5. The van der Waals surface area contributed by atoms with Gasteiger partial charge in [-0.1, -0.05) is 0 Å². The number of rotatable bonds is 5. The summed E-state index contributed by atoms with van der Waals surface area (Å²) in [5.74, 6) is -2.05. The van der Waals surface area contributed by atoms with Gasteiger partial charge >= 0.3 is 0 Å². The molecule has 2 rings (SSSR count). The molecule has 0 aromatic carbocycles. The Morgan fingerprint density at radius 1 is 1.37 bits per heavy atom. The molecule has 1 heterocycles. The fourth-order valence-electron chi connectivity index (χ4n) is 1.57. The normalized spacial score (nSPS) is 15.8. The fraction of sp³-hybridized carbons (Fsp3) is 0.500. The van der Waals surface area contributed by atoms with E-state index in [9.17, 15) is 13.6 Å². The summed E-state index contributed by atoms with van der Waals surface area (Å²) in [6, 6.07) is 0.320. The van der Waals surface area contributed by atoms with Crippen LogP contribution in [0.15, 0.2) is 6.07 Å². The van der Waals surface area contributed by atoms with Crippen molar-refractivity contribution in [2.45, 2.75) is 31.8 Å². The highest BCUT2D eigenvalue weighted by molar-refractivity contribution is 5.84. The Labute approximate surface area is 109 Å². The van der Waals surface area contributed by atoms with Crippen LogP contribution in [0, 0.1) is 11.6 Å². The molecule has 1 atom stereocenters. The van der Waals surface area contributed by atoms with E-state index in [1.54, 1.807) is 6.92 Å². The van der Waals surface area contributed by atoms with Gasteiger partial charge in [0.25, 0.3) is 0 Å². The number of anilines is 2. The first-order valence-electron chi connectivity index (χ1n) is 6.12. The van der Waals surface area contributed by atoms with E-state index in [1.165, 1.54) is 7.05 Å². The molecule has 0 spiro atoms. The predicted molar refractivity (Wildman–Crippen MR) is 67.9 cm³/mol. The number of halogens is 2. The summed E-state index contributed by atoms with van der Waals surface area (Å²) in [7, 11) is 1.48. The van der Waals surface area contributed by atoms with Crippen LogP contribution in [0.3, 0.4) is 0 Å². The highest BCUT2D eigenvalue weighted by Crippen LogP contribution is 2.21. The van der Waals surface area contributed by atoms with E-state index in [1.807, 2.05) is 0 Å². The summed E-state index contributed by atoms with van der Waals surface area (Å²) in [5.41, 5.74) is 0. The molecule has 0 radical (unpaired) electrons. The Bertz CT molecular complexity index is 491. The Morgan fingerprint density at radius 3 is 2.58 bits per heavy atom. The highest BCUT2D eigenvalue weighted by Gasteiger charge is 2.26. The topological polar surface area (TPSA) is 66.0 Å². The maximum absolute atomic E-state index is 13.5. The molecule has 1 saturated carbocycles. The van der Waals surface area contributed by atoms with Crippen LogP contribution in [-0.2, 0) is 4.79 Å². The van der Waals surface area contributed by atoms with Gasteiger partial charge in [-0.05, 0) is 19.8 Å². The first-order chi connectivity index (χ1) is 9.01. The van der Waals surface area contributed by atoms with Gasteiger partial charge in [-0.25, -0.2) is 13.8 Å². The first kappa shape index (κ1) is 13.5. The lowest BCUT2D eigenvalue weighted by Gasteiger charge is -2.15. The van der Waals surface area contributed by atoms with Crippen molar-refractivity contribution in [2.75, 3.05) is 17.7 Å². The zero-order valence-corrected chi connectivity index (χ0v) is 10.8. The Hall–Kier alpha value is -1.92. The molecule has 1 aliphatic carbocycles. The van der Waals surface area contributed by atoms with Crippen molar-refractivity contribution in [3.63, 3.8) is 0 Å². The van der Waals surface area contributed by atoms with E-state index < -0.39 is 17.7 Å². The van der Waals surface area contributed by atoms with Gasteiger partial charge in [0.1, 0.15) is 6.04 Å². The Morgan fingerprint density at radius 2 is 2.00 bits per heavy atom. The lowest BCUT2D eigenvalue weighted by Crippen LogP contribution is -2.39. The molecule has 19 heavy (non-hydrogen) atoms. The maximum Gasteiger partial charge on any atom is 0.242 e. The largest absolute Gasteiger partial charge is 0.371 e. The first-order valence-corrected chi connectivity index (χ1v) is 6.12. The van der Waals surface area contributed by atoms with Crippen LogP contribution in [-0.4, -0.2) is 30.0 Å². The average molecular weight is 270 g/mol. The average Bonchev–Trinajstić information content (AvgIpc) is 3.16. The molecule has 1 aromatic heterocycles. The summed E-state index contributed by atoms with van der Waals surface area (Å²) in [6.07, 6.45) is 1.96. The van der Waals surface area contributed by atoms with Crippen LogP contribution in [0.1, 0.15) is 19.8 Å². The molecule has 0 bridgehead atoms. The number of hydrogen-bond donors (Lipinski definition) is 3. The maximum atomic E-state index is 13.5. The summed E-state index contributed by atoms with van der Waals surface area (Å²) in [6.45, 7) is 1.60. The van der Waals surface area contributed by atoms with Crippen molar-refractivity contribution < 1.29 is 13.6 Å². The third kappa shape index (κ3) is 3.30. The molecule has 1 fully saturated rings. The monoisotopic (exact) mass is 270 g/mol. The number of nitrogens with zero attached hydrogens (tertiary/aromatic N) is 1. The summed E-state index contributed by atoms with van der Waals surface area (Å²) >= 11 is 0. The molecule has 1 amide bonds. The van der Waals surface area contributed by atoms with Gasteiger partial charge < -0.3 is 16.0 Å². The molecule has 1 aliphatic rings. The number of amides is 1. The van der Waals surface area contributed by atoms with Crippen LogP contribution < -0.4 is 16.0 Å². The highest BCUT2D eigenvalue weighted by atomic mass is 19.1. The third-order valence-electron chi connectivity index (χ3n) is 2.84. The van der Waals surface area contributed by atoms with Crippen molar-refractivity contribution in [3.05, 3.63) is 17.7 Å². The molecule has 3 N–H and O–H groups in total. The van der Waals surface area contributed by atoms with Gasteiger partial charge in [0.15, 0.2) is 23.3 Å². The molecule has 1 unspecified atom stereocenters. The van der Waals surface area contributed by atoms with Crippen LogP contribution in [0.5, 0.6) is 0 Å². The molecule has 7 heteroatoms. The molecule has 0 aliphatic heterocycles. The quantitative estimate of drug-likeness (QED) is 0.758. The number of hydrogen-bond acceptors (Lipinski definition) is 4. The van der Waals surface area contributed by atoms with Crippen molar-refractivity contribution in [1.82, 2.24) is 10.3 Å². The van der Waals surface area contributed by atoms with Crippen LogP contribution in [0.25, 0.3) is 0 Å². The second-order valence-corrected chi connectivity index (χ2v) is 4.55. The number of nitrogens with one attached hydrogen (secondary N) is 3. The zero-order chi connectivity index (χ0) is 14.0. The van der Waals surface area contributed by atoms with Gasteiger partial charge in [0.05, 0.1) is 0 Å². The molecule has 5 nitrogen and oxygen atoms in total. The zero-order valence-electron chi connectivity index (χ0n) is 10.8. The summed E-state index contributed by atoms with van der Waals surface area (Å²) in [5, 5.41) is 7.95. The number of aromatic nitrogens is 1. The number of pyridine rings is 1. The SMILES string of the molecule is CNc1nc(NC(C)C(=O)NC2CC2)c(F)cc1F. The minimum absolute atomic E-state index is 0.0706. The number of carbonyl (C=O) groups excluding carboxylic acids is 1. The van der Waals surface area contributed by atoms with Gasteiger partial charge in [0, 0.05) is 19.2 Å². The van der Waals surface area contributed by atoms with Crippen molar-refractivity contribution >= 4 is 17.5 Å². The standard InChI is InChI=1S/C12H16F2N4O/c1-6(12(19)17-7-3-4-7)16-11-9(14)5-8(13)10(15-2)18-11/h5-7H,3-4H2,1-2H3,(H,17,19)(H2,15,16,18). The smallest absolute Gasteiger partial charge is 0.242 e. The second-order valence-electron chi connectivity index (χ2n) is 4.55. The van der Waals surface area contributed by atoms with Gasteiger partial charge in [0.2, 0.25) is 5.91 Å². The molecule has 104 valence electrons. The van der Waals surface area contributed by atoms with Crippen LogP contribution >= 0.6 is 0 Å². The van der Waals surface area contributed by atoms with Crippen molar-refractivity contribution in [3.8, 4) is 0 Å². The minimum Gasteiger partial charge on any atom is -0.371 e. The van der Waals surface area contributed by atoms with Gasteiger partial charge in [-0.3, -0.25) is 4.79 Å². The van der Waals surface area contributed by atoms with E-state index >= 15 is 0 Å². The van der Waals surface area contributed by atoms with E-state index in [-0.39, 0.29) is 23.6 Å². The van der Waals surface area contributed by atoms with Gasteiger partial charge in [-0.15, -0.1) is 0 Å². The second kappa shape index (κ2) is 5.38. The van der Waals surface area contributed by atoms with E-state index in [0.29, 0.717) is 0 Å². The van der Waals surface area contributed by atoms with Gasteiger partial charge in [-0.2, -0.15) is 0 Å². The third-order valence-corrected chi connectivity index (χ3v) is 2.84. The van der Waals surface area contributed by atoms with E-state index in [2.05, 4.69) is 20.9 Å². The van der Waals surface area contributed by atoms with Crippen molar-refractivity contribution in [1.29, 1.82) is 0 Å². The molecule has 1 aromatic rings. The molecular formula is C12H16F2N4O. The minimum atomic E-state index is -0.831. The summed E-state index contributed by atoms with van der Waals surface area (Å²) < 4.78 is 26.8. The van der Waals surface area contributed by atoms with Crippen molar-refractivity contribution in [2.24, 2.45) is 0 Å². The van der Waals surface area contributed by atoms with E-state index in [4.69, 9.17) is 0 Å². The van der Waals surface area contributed by atoms with Crippen LogP contribution in [0.4, 0.5) is 20.4 Å².